The first-order valence-corrected chi connectivity index (χ1v) is 11.0. The lowest BCUT2D eigenvalue weighted by atomic mass is 9.90. The molecule has 0 aromatic heterocycles. The van der Waals surface area contributed by atoms with Gasteiger partial charge in [-0.2, -0.15) is 0 Å². The predicted octanol–water partition coefficient (Wildman–Crippen LogP) is 6.91. The molecule has 0 radical (unpaired) electrons. The van der Waals surface area contributed by atoms with E-state index in [0.717, 1.165) is 22.3 Å². The smallest absolute Gasteiger partial charge is 0.102 e. The highest BCUT2D eigenvalue weighted by atomic mass is 32.2. The molecule has 0 saturated carbocycles. The fraction of sp³-hybridized carbons (Fsp3) is 0.0714. The molecule has 0 atom stereocenters. The molecule has 0 saturated heterocycles. The van der Waals surface area contributed by atoms with Gasteiger partial charge in [-0.3, -0.25) is 0 Å². The van der Waals surface area contributed by atoms with Crippen LogP contribution in [0.25, 0.3) is 0 Å². The molecule has 3 heteroatoms. The van der Waals surface area contributed by atoms with Crippen LogP contribution in [0, 0.1) is 10.8 Å². The van der Waals surface area contributed by atoms with Crippen molar-refractivity contribution in [3.8, 4) is 0 Å². The van der Waals surface area contributed by atoms with E-state index in [1.165, 1.54) is 12.4 Å². The zero-order valence-corrected chi connectivity index (χ0v) is 17.9. The summed E-state index contributed by atoms with van der Waals surface area (Å²) in [4.78, 5) is 0. The summed E-state index contributed by atoms with van der Waals surface area (Å²) in [6, 6.07) is 40.6. The van der Waals surface area contributed by atoms with Crippen LogP contribution in [-0.2, 0) is 9.49 Å². The summed E-state index contributed by atoms with van der Waals surface area (Å²) in [5.74, 6) is 0. The zero-order chi connectivity index (χ0) is 21.6. The Morgan fingerprint density at radius 3 is 0.839 bits per heavy atom. The van der Waals surface area contributed by atoms with Crippen LogP contribution < -0.4 is 0 Å². The third-order valence-corrected chi connectivity index (χ3v) is 7.36. The van der Waals surface area contributed by atoms with Crippen LogP contribution in [0.3, 0.4) is 0 Å². The van der Waals surface area contributed by atoms with Crippen LogP contribution in [0.4, 0.5) is 0 Å². The zero-order valence-electron chi connectivity index (χ0n) is 17.1. The Hall–Kier alpha value is -3.43. The van der Waals surface area contributed by atoms with Gasteiger partial charge < -0.3 is 10.8 Å². The highest BCUT2D eigenvalue weighted by Gasteiger charge is 2.44. The van der Waals surface area contributed by atoms with Gasteiger partial charge in [-0.15, -0.1) is 11.8 Å². The lowest BCUT2D eigenvalue weighted by Gasteiger charge is -2.40. The fourth-order valence-corrected chi connectivity index (χ4v) is 5.60. The van der Waals surface area contributed by atoms with Crippen molar-refractivity contribution in [3.05, 3.63) is 144 Å². The summed E-state index contributed by atoms with van der Waals surface area (Å²) < 4.78 is -1.54. The molecular formula is C28H24N2S. The summed E-state index contributed by atoms with van der Waals surface area (Å²) in [5, 5.41) is 17.3. The van der Waals surface area contributed by atoms with Crippen molar-refractivity contribution in [2.24, 2.45) is 0 Å². The van der Waals surface area contributed by atoms with Crippen molar-refractivity contribution in [2.75, 3.05) is 0 Å². The normalized spacial score (nSPS) is 11.6. The van der Waals surface area contributed by atoms with Gasteiger partial charge in [-0.05, 0) is 22.3 Å². The summed E-state index contributed by atoms with van der Waals surface area (Å²) >= 11 is 1.61. The molecule has 31 heavy (non-hydrogen) atoms. The van der Waals surface area contributed by atoms with Gasteiger partial charge in [0.2, 0.25) is 0 Å². The lowest BCUT2D eigenvalue weighted by Crippen LogP contribution is -2.36. The third kappa shape index (κ3) is 3.85. The number of benzene rings is 4. The average Bonchev–Trinajstić information content (AvgIpc) is 2.87. The lowest BCUT2D eigenvalue weighted by molar-refractivity contribution is 0.943. The van der Waals surface area contributed by atoms with Gasteiger partial charge in [0.25, 0.3) is 0 Å². The van der Waals surface area contributed by atoms with Crippen molar-refractivity contribution < 1.29 is 0 Å². The fourth-order valence-electron chi connectivity index (χ4n) is 3.96. The number of thioether (sulfide) groups is 1. The van der Waals surface area contributed by atoms with Crippen LogP contribution in [0.1, 0.15) is 22.3 Å². The van der Waals surface area contributed by atoms with E-state index >= 15 is 0 Å². The van der Waals surface area contributed by atoms with E-state index in [-0.39, 0.29) is 0 Å². The molecule has 0 amide bonds. The SMILES string of the molecule is N=CC(SC(C=N)(c1ccccc1)c1ccccc1)(c1ccccc1)c1ccccc1. The second kappa shape index (κ2) is 9.15. The molecule has 0 aliphatic carbocycles. The Morgan fingerprint density at radius 1 is 0.419 bits per heavy atom. The first-order valence-electron chi connectivity index (χ1n) is 10.2. The van der Waals surface area contributed by atoms with Gasteiger partial charge in [0, 0.05) is 12.4 Å². The maximum atomic E-state index is 8.64. The number of rotatable bonds is 8. The predicted molar refractivity (Wildman–Crippen MR) is 132 cm³/mol. The van der Waals surface area contributed by atoms with Crippen LogP contribution in [0.2, 0.25) is 0 Å². The summed E-state index contributed by atoms with van der Waals surface area (Å²) in [6.45, 7) is 0. The number of hydrogen-bond donors (Lipinski definition) is 2. The molecule has 152 valence electrons. The van der Waals surface area contributed by atoms with Gasteiger partial charge >= 0.3 is 0 Å². The second-order valence-electron chi connectivity index (χ2n) is 7.33. The quantitative estimate of drug-likeness (QED) is 0.299. The molecular weight excluding hydrogens is 396 g/mol. The molecule has 0 spiro atoms. The van der Waals surface area contributed by atoms with Gasteiger partial charge in [-0.25, -0.2) is 0 Å². The monoisotopic (exact) mass is 420 g/mol. The maximum Gasteiger partial charge on any atom is 0.102 e. The highest BCUT2D eigenvalue weighted by molar-refractivity contribution is 8.02. The van der Waals surface area contributed by atoms with E-state index < -0.39 is 9.49 Å². The van der Waals surface area contributed by atoms with Gasteiger partial charge in [0.05, 0.1) is 0 Å². The minimum Gasteiger partial charge on any atom is -0.311 e. The first-order chi connectivity index (χ1) is 15.2. The Labute approximate surface area is 188 Å². The van der Waals surface area contributed by atoms with Crippen molar-refractivity contribution in [3.63, 3.8) is 0 Å². The molecule has 0 aliphatic rings. The molecule has 0 heterocycles. The molecule has 2 N–H and O–H groups in total. The van der Waals surface area contributed by atoms with E-state index in [2.05, 4.69) is 48.5 Å². The van der Waals surface area contributed by atoms with E-state index in [1.807, 2.05) is 72.8 Å². The first kappa shape index (κ1) is 20.8. The van der Waals surface area contributed by atoms with Gasteiger partial charge in [0.15, 0.2) is 0 Å². The van der Waals surface area contributed by atoms with Gasteiger partial charge in [0.1, 0.15) is 9.49 Å². The van der Waals surface area contributed by atoms with Crippen molar-refractivity contribution in [1.82, 2.24) is 0 Å². The van der Waals surface area contributed by atoms with Crippen LogP contribution in [-0.4, -0.2) is 12.4 Å². The molecule has 4 aromatic carbocycles. The van der Waals surface area contributed by atoms with Gasteiger partial charge in [-0.1, -0.05) is 121 Å². The topological polar surface area (TPSA) is 47.7 Å². The Bertz CT molecular complexity index is 955. The molecule has 4 aromatic rings. The minimum atomic E-state index is -0.772. The molecule has 0 aliphatic heterocycles. The Balaban J connectivity index is 2.00. The van der Waals surface area contributed by atoms with Crippen LogP contribution in [0.5, 0.6) is 0 Å². The Morgan fingerprint density at radius 2 is 0.645 bits per heavy atom. The Kier molecular flexibility index (Phi) is 6.15. The molecule has 0 unspecified atom stereocenters. The molecule has 0 fully saturated rings. The third-order valence-electron chi connectivity index (χ3n) is 5.54. The highest BCUT2D eigenvalue weighted by Crippen LogP contribution is 2.53. The maximum absolute atomic E-state index is 8.64. The molecule has 0 bridgehead atoms. The van der Waals surface area contributed by atoms with E-state index in [9.17, 15) is 0 Å². The van der Waals surface area contributed by atoms with E-state index in [0.29, 0.717) is 0 Å². The number of nitrogens with one attached hydrogen (secondary N) is 2. The average molecular weight is 421 g/mol. The van der Waals surface area contributed by atoms with Crippen molar-refractivity contribution >= 4 is 24.2 Å². The largest absolute Gasteiger partial charge is 0.311 e. The molecule has 4 rings (SSSR count). The van der Waals surface area contributed by atoms with Crippen LogP contribution in [0.15, 0.2) is 121 Å². The summed E-state index contributed by atoms with van der Waals surface area (Å²) in [7, 11) is 0. The van der Waals surface area contributed by atoms with E-state index in [4.69, 9.17) is 10.8 Å². The van der Waals surface area contributed by atoms with Crippen LogP contribution >= 0.6 is 11.8 Å². The number of hydrogen-bond acceptors (Lipinski definition) is 3. The van der Waals surface area contributed by atoms with E-state index in [1.54, 1.807) is 11.8 Å². The standard InChI is InChI=1S/C28H24N2S/c29-21-27(23-13-5-1-6-14-23,24-15-7-2-8-16-24)31-28(22-30,25-17-9-3-10-18-25)26-19-11-4-12-20-26/h1-22,29-30H. The van der Waals surface area contributed by atoms with Crippen molar-refractivity contribution in [1.29, 1.82) is 10.8 Å². The van der Waals surface area contributed by atoms with Crippen molar-refractivity contribution in [2.45, 2.75) is 9.49 Å². The second-order valence-corrected chi connectivity index (χ2v) is 8.82. The summed E-state index contributed by atoms with van der Waals surface area (Å²) in [5.41, 5.74) is 4.05. The minimum absolute atomic E-state index is 0.772. The molecule has 2 nitrogen and oxygen atoms in total. The summed E-state index contributed by atoms with van der Waals surface area (Å²) in [6.07, 6.45) is 3.04.